The molecule has 30 heavy (non-hydrogen) atoms. The molecule has 0 aromatic heterocycles. The van der Waals surface area contributed by atoms with Crippen LogP contribution in [0.5, 0.6) is 11.5 Å². The summed E-state index contributed by atoms with van der Waals surface area (Å²) < 4.78 is 44.4. The van der Waals surface area contributed by atoms with Crippen LogP contribution in [0.15, 0.2) is 41.3 Å². The van der Waals surface area contributed by atoms with Crippen LogP contribution in [-0.4, -0.2) is 58.3 Å². The van der Waals surface area contributed by atoms with Crippen molar-refractivity contribution in [3.8, 4) is 11.5 Å². The zero-order valence-electron chi connectivity index (χ0n) is 17.8. The molecule has 1 fully saturated rings. The minimum atomic E-state index is -4.28. The predicted octanol–water partition coefficient (Wildman–Crippen LogP) is 3.23. The minimum absolute atomic E-state index is 0.00166. The number of anilines is 1. The van der Waals surface area contributed by atoms with Gasteiger partial charge in [0.05, 0.1) is 19.9 Å². The van der Waals surface area contributed by atoms with Crippen LogP contribution in [-0.2, 0) is 23.1 Å². The number of hydrogen-bond acceptors (Lipinski definition) is 6. The van der Waals surface area contributed by atoms with Crippen molar-refractivity contribution < 1.29 is 22.4 Å². The average Bonchev–Trinajstić information content (AvgIpc) is 2.74. The maximum Gasteiger partial charge on any atom is 0.296 e. The van der Waals surface area contributed by atoms with E-state index in [-0.39, 0.29) is 4.90 Å². The molecule has 0 radical (unpaired) electrons. The summed E-state index contributed by atoms with van der Waals surface area (Å²) in [7, 11) is -1.04. The van der Waals surface area contributed by atoms with Gasteiger partial charge in [-0.05, 0) is 41.8 Å². The lowest BCUT2D eigenvalue weighted by Gasteiger charge is -2.36. The van der Waals surface area contributed by atoms with E-state index in [2.05, 4.69) is 4.90 Å². The van der Waals surface area contributed by atoms with Crippen molar-refractivity contribution in [2.24, 2.45) is 0 Å². The molecule has 0 saturated carbocycles. The summed E-state index contributed by atoms with van der Waals surface area (Å²) in [4.78, 5) is 4.35. The second-order valence-corrected chi connectivity index (χ2v) is 8.87. The molecule has 8 heteroatoms. The first kappa shape index (κ1) is 22.4. The molecule has 1 aliphatic heterocycles. The van der Waals surface area contributed by atoms with Crippen molar-refractivity contribution in [3.63, 3.8) is 0 Å². The van der Waals surface area contributed by atoms with Gasteiger partial charge in [0, 0.05) is 32.7 Å². The van der Waals surface area contributed by atoms with Crippen LogP contribution >= 0.6 is 0 Å². The van der Waals surface area contributed by atoms with Gasteiger partial charge in [0.1, 0.15) is 4.90 Å². The average molecular weight is 435 g/mol. The van der Waals surface area contributed by atoms with Gasteiger partial charge >= 0.3 is 0 Å². The molecule has 0 unspecified atom stereocenters. The van der Waals surface area contributed by atoms with Crippen LogP contribution in [0.4, 0.5) is 5.69 Å². The van der Waals surface area contributed by atoms with Gasteiger partial charge in [0.15, 0.2) is 11.5 Å². The first-order valence-corrected chi connectivity index (χ1v) is 11.6. The Hall–Kier alpha value is -2.29. The van der Waals surface area contributed by atoms with E-state index >= 15 is 0 Å². The molecule has 3 rings (SSSR count). The topological polar surface area (TPSA) is 79.3 Å². The van der Waals surface area contributed by atoms with E-state index in [4.69, 9.17) is 9.47 Å². The Labute approximate surface area is 179 Å². The predicted molar refractivity (Wildman–Crippen MR) is 117 cm³/mol. The van der Waals surface area contributed by atoms with Crippen molar-refractivity contribution in [3.05, 3.63) is 47.5 Å². The van der Waals surface area contributed by atoms with Crippen LogP contribution < -0.4 is 14.4 Å². The van der Waals surface area contributed by atoms with Crippen molar-refractivity contribution in [1.29, 1.82) is 0 Å². The molecule has 1 saturated heterocycles. The third kappa shape index (κ3) is 5.24. The number of methoxy groups -OCH3 is 2. The SMILES string of the molecule is CCCc1ccc(N2CCN(Cc3ccc(OC)c(OC)c3)CC2)c(S(=O)(=O)O)c1. The summed E-state index contributed by atoms with van der Waals surface area (Å²) in [5, 5.41) is 0. The molecule has 1 heterocycles. The van der Waals surface area contributed by atoms with Crippen LogP contribution in [0.3, 0.4) is 0 Å². The quantitative estimate of drug-likeness (QED) is 0.639. The molecule has 0 atom stereocenters. The van der Waals surface area contributed by atoms with E-state index in [9.17, 15) is 13.0 Å². The van der Waals surface area contributed by atoms with E-state index < -0.39 is 10.1 Å². The summed E-state index contributed by atoms with van der Waals surface area (Å²) in [6.07, 6.45) is 1.70. The summed E-state index contributed by atoms with van der Waals surface area (Å²) in [5.74, 6) is 1.41. The Bertz CT molecular complexity index is 969. The van der Waals surface area contributed by atoms with Gasteiger partial charge in [-0.3, -0.25) is 9.45 Å². The van der Waals surface area contributed by atoms with Gasteiger partial charge in [-0.2, -0.15) is 8.42 Å². The number of rotatable bonds is 8. The number of aryl methyl sites for hydroxylation is 1. The highest BCUT2D eigenvalue weighted by Crippen LogP contribution is 2.30. The van der Waals surface area contributed by atoms with Crippen molar-refractivity contribution >= 4 is 15.8 Å². The largest absolute Gasteiger partial charge is 0.493 e. The molecule has 2 aromatic rings. The molecule has 1 aliphatic rings. The monoisotopic (exact) mass is 434 g/mol. The Kier molecular flexibility index (Phi) is 7.23. The van der Waals surface area contributed by atoms with Crippen molar-refractivity contribution in [2.75, 3.05) is 45.3 Å². The number of piperazine rings is 1. The van der Waals surface area contributed by atoms with E-state index in [1.165, 1.54) is 0 Å². The Morgan fingerprint density at radius 1 is 0.933 bits per heavy atom. The fourth-order valence-electron chi connectivity index (χ4n) is 3.85. The van der Waals surface area contributed by atoms with E-state index in [1.807, 2.05) is 42.2 Å². The Morgan fingerprint density at radius 3 is 2.20 bits per heavy atom. The molecular weight excluding hydrogens is 404 g/mol. The second-order valence-electron chi connectivity index (χ2n) is 7.48. The highest BCUT2D eigenvalue weighted by Gasteiger charge is 2.24. The molecular formula is C22H30N2O5S. The lowest BCUT2D eigenvalue weighted by molar-refractivity contribution is 0.249. The Balaban J connectivity index is 1.70. The van der Waals surface area contributed by atoms with Crippen molar-refractivity contribution in [1.82, 2.24) is 4.90 Å². The third-order valence-corrected chi connectivity index (χ3v) is 6.29. The molecule has 164 valence electrons. The van der Waals surface area contributed by atoms with Crippen molar-refractivity contribution in [2.45, 2.75) is 31.2 Å². The van der Waals surface area contributed by atoms with Gasteiger partial charge in [-0.1, -0.05) is 25.5 Å². The van der Waals surface area contributed by atoms with E-state index in [0.717, 1.165) is 43.6 Å². The fourth-order valence-corrected chi connectivity index (χ4v) is 4.62. The molecule has 1 N–H and O–H groups in total. The molecule has 0 amide bonds. The van der Waals surface area contributed by atoms with Crippen LogP contribution in [0.1, 0.15) is 24.5 Å². The summed E-state index contributed by atoms with van der Waals surface area (Å²) >= 11 is 0. The van der Waals surface area contributed by atoms with E-state index in [0.29, 0.717) is 30.3 Å². The molecule has 0 spiro atoms. The fraction of sp³-hybridized carbons (Fsp3) is 0.455. The second kappa shape index (κ2) is 9.68. The first-order valence-electron chi connectivity index (χ1n) is 10.1. The number of hydrogen-bond donors (Lipinski definition) is 1. The Morgan fingerprint density at radius 2 is 1.60 bits per heavy atom. The van der Waals surface area contributed by atoms with Crippen LogP contribution in [0, 0.1) is 0 Å². The van der Waals surface area contributed by atoms with Gasteiger partial charge in [0.2, 0.25) is 0 Å². The summed E-state index contributed by atoms with van der Waals surface area (Å²) in [5.41, 5.74) is 2.62. The zero-order valence-corrected chi connectivity index (χ0v) is 18.6. The highest BCUT2D eigenvalue weighted by atomic mass is 32.2. The molecule has 2 aromatic carbocycles. The maximum absolute atomic E-state index is 12.0. The summed E-state index contributed by atoms with van der Waals surface area (Å²) in [6, 6.07) is 11.3. The number of nitrogens with zero attached hydrogens (tertiary/aromatic N) is 2. The summed E-state index contributed by atoms with van der Waals surface area (Å²) in [6.45, 7) is 5.76. The van der Waals surface area contributed by atoms with Gasteiger partial charge < -0.3 is 14.4 Å². The highest BCUT2D eigenvalue weighted by molar-refractivity contribution is 7.86. The molecule has 0 aliphatic carbocycles. The normalized spacial score (nSPS) is 15.3. The lowest BCUT2D eigenvalue weighted by Crippen LogP contribution is -2.46. The van der Waals surface area contributed by atoms with Gasteiger partial charge in [0.25, 0.3) is 10.1 Å². The molecule has 7 nitrogen and oxygen atoms in total. The molecule has 0 bridgehead atoms. The van der Waals surface area contributed by atoms with Crippen LogP contribution in [0.25, 0.3) is 0 Å². The zero-order chi connectivity index (χ0) is 21.7. The maximum atomic E-state index is 12.0. The smallest absolute Gasteiger partial charge is 0.296 e. The van der Waals surface area contributed by atoms with Crippen LogP contribution in [0.2, 0.25) is 0 Å². The van der Waals surface area contributed by atoms with E-state index in [1.54, 1.807) is 20.3 Å². The van der Waals surface area contributed by atoms with Gasteiger partial charge in [-0.15, -0.1) is 0 Å². The lowest BCUT2D eigenvalue weighted by atomic mass is 10.1. The first-order chi connectivity index (χ1) is 14.4. The van der Waals surface area contributed by atoms with Gasteiger partial charge in [-0.25, -0.2) is 0 Å². The third-order valence-electron chi connectivity index (χ3n) is 5.41. The number of ether oxygens (including phenoxy) is 2. The number of benzene rings is 2. The standard InChI is InChI=1S/C22H30N2O5S/c1-4-5-17-6-8-19(22(15-17)30(25,26)27)24-12-10-23(11-13-24)16-18-7-9-20(28-2)21(14-18)29-3/h6-9,14-15H,4-5,10-13,16H2,1-3H3,(H,25,26,27). The minimum Gasteiger partial charge on any atom is -0.493 e.